The van der Waals surface area contributed by atoms with Gasteiger partial charge in [0, 0.05) is 11.6 Å². The number of benzene rings is 1. The van der Waals surface area contributed by atoms with Gasteiger partial charge in [-0.2, -0.15) is 0 Å². The van der Waals surface area contributed by atoms with E-state index in [-0.39, 0.29) is 16.4 Å². The summed E-state index contributed by atoms with van der Waals surface area (Å²) in [4.78, 5) is 12.8. The van der Waals surface area contributed by atoms with Gasteiger partial charge in [0.25, 0.3) is 0 Å². The zero-order valence-corrected chi connectivity index (χ0v) is 22.7. The van der Waals surface area contributed by atoms with Gasteiger partial charge in [-0.05, 0) is 69.6 Å². The Morgan fingerprint density at radius 2 is 1.69 bits per heavy atom. The Labute approximate surface area is 200 Å². The highest BCUT2D eigenvalue weighted by Gasteiger charge is 2.44. The third kappa shape index (κ3) is 4.58. The fraction of sp³-hybridized carbons (Fsp3) is 0.522. The van der Waals surface area contributed by atoms with Crippen LogP contribution in [0.5, 0.6) is 0 Å². The minimum atomic E-state index is -2.12. The predicted molar refractivity (Wildman–Crippen MR) is 132 cm³/mol. The van der Waals surface area contributed by atoms with E-state index in [1.54, 1.807) is 0 Å². The number of nitrogens with zero attached hydrogens (tertiary/aromatic N) is 4. The van der Waals surface area contributed by atoms with E-state index in [0.29, 0.717) is 33.1 Å². The Balaban J connectivity index is 2.25. The molecule has 0 aliphatic rings. The SMILES string of the molecule is CC(C)n1c(C(C)(C)O[Si](C)(C)C(C)(C)C)nc2c(F)cc(-c3nc(Cl)ncc3Cl)cc21. The number of aromatic nitrogens is 4. The molecule has 0 unspecified atom stereocenters. The Kier molecular flexibility index (Phi) is 6.54. The van der Waals surface area contributed by atoms with Gasteiger partial charge in [-0.1, -0.05) is 32.4 Å². The summed E-state index contributed by atoms with van der Waals surface area (Å²) in [5.74, 6) is 0.238. The highest BCUT2D eigenvalue weighted by atomic mass is 35.5. The summed E-state index contributed by atoms with van der Waals surface area (Å²) in [5, 5.41) is 0.373. The van der Waals surface area contributed by atoms with Crippen molar-refractivity contribution in [3.63, 3.8) is 0 Å². The lowest BCUT2D eigenvalue weighted by Crippen LogP contribution is -2.47. The maximum atomic E-state index is 15.3. The first-order valence-corrected chi connectivity index (χ1v) is 14.3. The van der Waals surface area contributed by atoms with Crippen LogP contribution in [0, 0.1) is 5.82 Å². The second kappa shape index (κ2) is 8.35. The normalized spacial score (nSPS) is 13.4. The molecule has 0 amide bonds. The third-order valence-corrected chi connectivity index (χ3v) is 11.2. The largest absolute Gasteiger partial charge is 0.405 e. The van der Waals surface area contributed by atoms with Crippen molar-refractivity contribution in [2.45, 2.75) is 78.2 Å². The van der Waals surface area contributed by atoms with Crippen LogP contribution in [-0.2, 0) is 10.0 Å². The summed E-state index contributed by atoms with van der Waals surface area (Å²) < 4.78 is 24.1. The molecule has 2 aromatic heterocycles. The molecule has 9 heteroatoms. The predicted octanol–water partition coefficient (Wildman–Crippen LogP) is 7.78. The molecule has 3 aromatic rings. The molecule has 0 aliphatic carbocycles. The number of hydrogen-bond acceptors (Lipinski definition) is 4. The minimum absolute atomic E-state index is 0.0244. The molecular weight excluding hydrogens is 466 g/mol. The average Bonchev–Trinajstić information content (AvgIpc) is 3.03. The topological polar surface area (TPSA) is 52.8 Å². The molecule has 0 saturated heterocycles. The lowest BCUT2D eigenvalue weighted by Gasteiger charge is -2.42. The first kappa shape index (κ1) is 25.1. The van der Waals surface area contributed by atoms with Gasteiger partial charge >= 0.3 is 0 Å². The van der Waals surface area contributed by atoms with Crippen molar-refractivity contribution < 1.29 is 8.82 Å². The lowest BCUT2D eigenvalue weighted by molar-refractivity contribution is 0.0760. The molecule has 0 N–H and O–H groups in total. The summed E-state index contributed by atoms with van der Waals surface area (Å²) in [6.07, 6.45) is 1.41. The molecule has 174 valence electrons. The Bertz CT molecular complexity index is 1170. The van der Waals surface area contributed by atoms with Gasteiger partial charge in [0.15, 0.2) is 14.1 Å². The maximum absolute atomic E-state index is 15.3. The van der Waals surface area contributed by atoms with Crippen LogP contribution in [0.2, 0.25) is 28.4 Å². The van der Waals surface area contributed by atoms with Crippen LogP contribution in [0.4, 0.5) is 4.39 Å². The van der Waals surface area contributed by atoms with Crippen molar-refractivity contribution in [2.24, 2.45) is 0 Å². The molecule has 0 radical (unpaired) electrons. The van der Waals surface area contributed by atoms with E-state index in [2.05, 4.69) is 43.8 Å². The summed E-state index contributed by atoms with van der Waals surface area (Å²) in [5.41, 5.74) is 1.13. The first-order valence-electron chi connectivity index (χ1n) is 10.7. The Morgan fingerprint density at radius 3 is 2.25 bits per heavy atom. The highest BCUT2D eigenvalue weighted by molar-refractivity contribution is 6.74. The molecule has 0 saturated carbocycles. The zero-order chi connectivity index (χ0) is 24.2. The molecule has 3 rings (SSSR count). The van der Waals surface area contributed by atoms with E-state index in [9.17, 15) is 0 Å². The van der Waals surface area contributed by atoms with E-state index in [4.69, 9.17) is 32.6 Å². The van der Waals surface area contributed by atoms with Gasteiger partial charge in [-0.15, -0.1) is 0 Å². The van der Waals surface area contributed by atoms with Crippen molar-refractivity contribution in [1.82, 2.24) is 19.5 Å². The fourth-order valence-electron chi connectivity index (χ4n) is 3.62. The van der Waals surface area contributed by atoms with Crippen molar-refractivity contribution in [1.29, 1.82) is 0 Å². The van der Waals surface area contributed by atoms with Crippen LogP contribution in [0.25, 0.3) is 22.3 Å². The van der Waals surface area contributed by atoms with Gasteiger partial charge in [-0.3, -0.25) is 0 Å². The number of rotatable bonds is 5. The fourth-order valence-corrected chi connectivity index (χ4v) is 5.63. The molecular formula is C23H31Cl2FN4OSi. The minimum Gasteiger partial charge on any atom is -0.405 e. The second-order valence-corrected chi connectivity index (χ2v) is 15.9. The van der Waals surface area contributed by atoms with Crippen LogP contribution >= 0.6 is 23.2 Å². The molecule has 0 spiro atoms. The van der Waals surface area contributed by atoms with Gasteiger partial charge in [0.2, 0.25) is 5.28 Å². The van der Waals surface area contributed by atoms with E-state index >= 15 is 4.39 Å². The maximum Gasteiger partial charge on any atom is 0.222 e. The van der Waals surface area contributed by atoms with Gasteiger partial charge < -0.3 is 8.99 Å². The molecule has 5 nitrogen and oxygen atoms in total. The number of halogens is 3. The van der Waals surface area contributed by atoms with Crippen LogP contribution in [-0.4, -0.2) is 27.8 Å². The van der Waals surface area contributed by atoms with E-state index in [1.807, 2.05) is 38.3 Å². The van der Waals surface area contributed by atoms with Crippen LogP contribution in [0.15, 0.2) is 18.3 Å². The van der Waals surface area contributed by atoms with Crippen molar-refractivity contribution >= 4 is 42.6 Å². The molecule has 2 heterocycles. The molecule has 0 aliphatic heterocycles. The molecule has 0 atom stereocenters. The monoisotopic (exact) mass is 496 g/mol. The lowest BCUT2D eigenvalue weighted by atomic mass is 10.1. The summed E-state index contributed by atoms with van der Waals surface area (Å²) in [7, 11) is -2.12. The number of hydrogen-bond donors (Lipinski definition) is 0. The van der Waals surface area contributed by atoms with E-state index in [1.165, 1.54) is 12.3 Å². The van der Waals surface area contributed by atoms with Crippen molar-refractivity contribution in [2.75, 3.05) is 0 Å². The average molecular weight is 498 g/mol. The summed E-state index contributed by atoms with van der Waals surface area (Å²) in [6, 6.07) is 3.26. The Morgan fingerprint density at radius 1 is 1.06 bits per heavy atom. The smallest absolute Gasteiger partial charge is 0.222 e. The first-order chi connectivity index (χ1) is 14.5. The van der Waals surface area contributed by atoms with E-state index < -0.39 is 19.7 Å². The standard InChI is InChI=1S/C23H31Cl2FN4OSi/c1-13(2)30-17-11-14(18-15(24)12-27-21(25)29-18)10-16(26)19(17)28-20(30)23(6,7)31-32(8,9)22(3,4)5/h10-13H,1-9H3. The Hall–Kier alpha value is -1.54. The van der Waals surface area contributed by atoms with Crippen molar-refractivity contribution in [3.05, 3.63) is 40.3 Å². The summed E-state index contributed by atoms with van der Waals surface area (Å²) in [6.45, 7) is 19.1. The zero-order valence-electron chi connectivity index (χ0n) is 20.1. The summed E-state index contributed by atoms with van der Waals surface area (Å²) >= 11 is 12.2. The quantitative estimate of drug-likeness (QED) is 0.267. The molecule has 0 bridgehead atoms. The number of imidazole rings is 1. The molecule has 32 heavy (non-hydrogen) atoms. The van der Waals surface area contributed by atoms with Gasteiger partial charge in [0.1, 0.15) is 16.9 Å². The van der Waals surface area contributed by atoms with Crippen molar-refractivity contribution in [3.8, 4) is 11.3 Å². The van der Waals surface area contributed by atoms with Crippen LogP contribution in [0.1, 0.15) is 60.3 Å². The molecule has 0 fully saturated rings. The second-order valence-electron chi connectivity index (χ2n) is 10.4. The van der Waals surface area contributed by atoms with Gasteiger partial charge in [0.05, 0.1) is 22.4 Å². The third-order valence-electron chi connectivity index (χ3n) is 6.11. The van der Waals surface area contributed by atoms with E-state index in [0.717, 1.165) is 0 Å². The van der Waals surface area contributed by atoms with Gasteiger partial charge in [-0.25, -0.2) is 19.3 Å². The number of fused-ring (bicyclic) bond motifs is 1. The highest BCUT2D eigenvalue weighted by Crippen LogP contribution is 2.43. The van der Waals surface area contributed by atoms with Crippen LogP contribution in [0.3, 0.4) is 0 Å². The van der Waals surface area contributed by atoms with Crippen LogP contribution < -0.4 is 0 Å². The molecule has 1 aromatic carbocycles.